The number of hydrogen-bond acceptors (Lipinski definition) is 4. The van der Waals surface area contributed by atoms with E-state index in [0.29, 0.717) is 17.0 Å². The average molecular weight is 523 g/mol. The van der Waals surface area contributed by atoms with Gasteiger partial charge < -0.3 is 10.1 Å². The topological polar surface area (TPSA) is 55.4 Å². The highest BCUT2D eigenvalue weighted by molar-refractivity contribution is 9.10. The fourth-order valence-electron chi connectivity index (χ4n) is 4.66. The second-order valence-corrected chi connectivity index (χ2v) is 9.69. The lowest BCUT2D eigenvalue weighted by atomic mass is 9.76. The zero-order chi connectivity index (χ0) is 22.9. The number of fused-ring (bicyclic) bond motifs is 3. The van der Waals surface area contributed by atoms with Gasteiger partial charge in [0, 0.05) is 26.7 Å². The van der Waals surface area contributed by atoms with Gasteiger partial charge in [-0.05, 0) is 65.9 Å². The van der Waals surface area contributed by atoms with Crippen LogP contribution in [0.15, 0.2) is 83.4 Å². The number of nitrogens with one attached hydrogen (secondary N) is 1. The second-order valence-electron chi connectivity index (χ2n) is 8.34. The van der Waals surface area contributed by atoms with E-state index in [1.807, 2.05) is 24.3 Å². The van der Waals surface area contributed by atoms with Crippen molar-refractivity contribution in [2.75, 3.05) is 11.9 Å². The van der Waals surface area contributed by atoms with E-state index >= 15 is 0 Å². The van der Waals surface area contributed by atoms with Crippen molar-refractivity contribution in [2.45, 2.75) is 18.4 Å². The molecule has 3 atom stereocenters. The van der Waals surface area contributed by atoms with Crippen LogP contribution in [-0.4, -0.2) is 18.4 Å². The van der Waals surface area contributed by atoms with Crippen LogP contribution in [0.1, 0.15) is 50.2 Å². The monoisotopic (exact) mass is 521 g/mol. The molecule has 3 aromatic rings. The highest BCUT2D eigenvalue weighted by Gasteiger charge is 2.38. The van der Waals surface area contributed by atoms with Crippen molar-refractivity contribution in [1.29, 1.82) is 0 Å². The summed E-state index contributed by atoms with van der Waals surface area (Å²) in [6.07, 6.45) is 5.39. The van der Waals surface area contributed by atoms with Crippen LogP contribution in [0.3, 0.4) is 0 Å². The van der Waals surface area contributed by atoms with Crippen LogP contribution in [0.5, 0.6) is 0 Å². The normalized spacial score (nSPS) is 20.5. The molecule has 33 heavy (non-hydrogen) atoms. The minimum absolute atomic E-state index is 0.163. The van der Waals surface area contributed by atoms with Crippen LogP contribution in [0.25, 0.3) is 0 Å². The summed E-state index contributed by atoms with van der Waals surface area (Å²) in [5.74, 6) is -0.176. The van der Waals surface area contributed by atoms with Gasteiger partial charge in [-0.3, -0.25) is 4.79 Å². The molecule has 3 aromatic carbocycles. The van der Waals surface area contributed by atoms with E-state index in [1.165, 1.54) is 5.56 Å². The summed E-state index contributed by atoms with van der Waals surface area (Å²) in [5.41, 5.74) is 4.23. The largest absolute Gasteiger partial charge is 0.454 e. The third-order valence-electron chi connectivity index (χ3n) is 6.33. The van der Waals surface area contributed by atoms with E-state index in [4.69, 9.17) is 16.3 Å². The molecule has 1 aliphatic heterocycles. The molecule has 2 aliphatic rings. The van der Waals surface area contributed by atoms with Gasteiger partial charge in [-0.2, -0.15) is 0 Å². The summed E-state index contributed by atoms with van der Waals surface area (Å²) in [6.45, 7) is -0.291. The molecule has 0 radical (unpaired) electrons. The Morgan fingerprint density at radius 2 is 1.73 bits per heavy atom. The molecule has 0 unspecified atom stereocenters. The number of halogens is 2. The first-order chi connectivity index (χ1) is 16.0. The average Bonchev–Trinajstić information content (AvgIpc) is 3.33. The van der Waals surface area contributed by atoms with Gasteiger partial charge in [-0.1, -0.05) is 63.9 Å². The van der Waals surface area contributed by atoms with Crippen molar-refractivity contribution in [3.05, 3.63) is 111 Å². The molecule has 0 aromatic heterocycles. The molecule has 1 aliphatic carbocycles. The van der Waals surface area contributed by atoms with Gasteiger partial charge in [-0.25, -0.2) is 4.79 Å². The van der Waals surface area contributed by atoms with Gasteiger partial charge in [-0.15, -0.1) is 0 Å². The molecule has 0 bridgehead atoms. The Balaban J connectivity index is 1.33. The molecule has 0 amide bonds. The molecule has 0 spiro atoms. The molecule has 166 valence electrons. The van der Waals surface area contributed by atoms with Crippen LogP contribution >= 0.6 is 27.5 Å². The Morgan fingerprint density at radius 3 is 2.48 bits per heavy atom. The van der Waals surface area contributed by atoms with E-state index in [-0.39, 0.29) is 24.3 Å². The standard InChI is InChI=1S/C27H21BrClNO3/c28-19-9-4-16(5-10-19)25(31)15-33-27(32)18-8-13-24-23(14-18)21-2-1-3-22(21)26(30-24)17-6-11-20(29)12-7-17/h1-2,4-14,21-22,26,30H,3,15H2/t21-,22+,26-/m0/s1. The van der Waals surface area contributed by atoms with Crippen LogP contribution in [-0.2, 0) is 4.74 Å². The maximum absolute atomic E-state index is 12.7. The Kier molecular flexibility index (Phi) is 6.09. The molecule has 5 rings (SSSR count). The first-order valence-electron chi connectivity index (χ1n) is 10.8. The van der Waals surface area contributed by atoms with E-state index in [9.17, 15) is 9.59 Å². The van der Waals surface area contributed by atoms with E-state index in [1.54, 1.807) is 30.3 Å². The summed E-state index contributed by atoms with van der Waals surface area (Å²) in [7, 11) is 0. The highest BCUT2D eigenvalue weighted by Crippen LogP contribution is 2.50. The molecule has 6 heteroatoms. The quantitative estimate of drug-likeness (QED) is 0.223. The van der Waals surface area contributed by atoms with Crippen molar-refractivity contribution in [3.63, 3.8) is 0 Å². The zero-order valence-corrected chi connectivity index (χ0v) is 20.0. The Morgan fingerprint density at radius 1 is 1.00 bits per heavy atom. The summed E-state index contributed by atoms with van der Waals surface area (Å²) >= 11 is 9.42. The maximum Gasteiger partial charge on any atom is 0.338 e. The summed E-state index contributed by atoms with van der Waals surface area (Å²) in [4.78, 5) is 25.0. The minimum Gasteiger partial charge on any atom is -0.454 e. The maximum atomic E-state index is 12.7. The fraction of sp³-hybridized carbons (Fsp3) is 0.185. The van der Waals surface area contributed by atoms with Gasteiger partial charge in [0.1, 0.15) is 0 Å². The van der Waals surface area contributed by atoms with Gasteiger partial charge in [0.05, 0.1) is 11.6 Å². The first-order valence-corrected chi connectivity index (χ1v) is 12.0. The van der Waals surface area contributed by atoms with Gasteiger partial charge in [0.25, 0.3) is 0 Å². The van der Waals surface area contributed by atoms with E-state index in [2.05, 4.69) is 45.5 Å². The number of ether oxygens (including phenoxy) is 1. The number of allylic oxidation sites excluding steroid dienone is 2. The van der Waals surface area contributed by atoms with Crippen LogP contribution in [0, 0.1) is 5.92 Å². The van der Waals surface area contributed by atoms with Crippen molar-refractivity contribution in [3.8, 4) is 0 Å². The first kappa shape index (κ1) is 21.9. The molecule has 0 saturated heterocycles. The Hall–Kier alpha value is -2.89. The number of esters is 1. The van der Waals surface area contributed by atoms with Gasteiger partial charge in [0.2, 0.25) is 0 Å². The molecular formula is C27H21BrClNO3. The number of anilines is 1. The number of rotatable bonds is 5. The molecule has 4 nitrogen and oxygen atoms in total. The van der Waals surface area contributed by atoms with E-state index < -0.39 is 5.97 Å². The summed E-state index contributed by atoms with van der Waals surface area (Å²) in [5, 5.41) is 4.37. The third kappa shape index (κ3) is 4.48. The number of benzene rings is 3. The van der Waals surface area contributed by atoms with Crippen LogP contribution in [0.2, 0.25) is 5.02 Å². The fourth-order valence-corrected chi connectivity index (χ4v) is 5.05. The number of hydrogen-bond donors (Lipinski definition) is 1. The predicted octanol–water partition coefficient (Wildman–Crippen LogP) is 6.97. The number of carbonyl (C=O) groups is 2. The SMILES string of the molecule is O=C(COC(=O)c1ccc2c(c1)[C@H]1C=CC[C@H]1[C@H](c1ccc(Cl)cc1)N2)c1ccc(Br)cc1. The minimum atomic E-state index is -0.499. The number of carbonyl (C=O) groups excluding carboxylic acids is 2. The third-order valence-corrected chi connectivity index (χ3v) is 7.11. The van der Waals surface area contributed by atoms with E-state index in [0.717, 1.165) is 27.2 Å². The predicted molar refractivity (Wildman–Crippen MR) is 133 cm³/mol. The summed E-state index contributed by atoms with van der Waals surface area (Å²) < 4.78 is 6.21. The molecule has 1 heterocycles. The molecule has 0 fully saturated rings. The Labute approximate surface area is 205 Å². The van der Waals surface area contributed by atoms with Crippen molar-refractivity contribution in [2.24, 2.45) is 5.92 Å². The highest BCUT2D eigenvalue weighted by atomic mass is 79.9. The van der Waals surface area contributed by atoms with Crippen molar-refractivity contribution < 1.29 is 14.3 Å². The lowest BCUT2D eigenvalue weighted by molar-refractivity contribution is 0.0474. The lowest BCUT2D eigenvalue weighted by Gasteiger charge is -2.37. The molecule has 0 saturated carbocycles. The molecular weight excluding hydrogens is 502 g/mol. The van der Waals surface area contributed by atoms with Crippen molar-refractivity contribution >= 4 is 45.0 Å². The summed E-state index contributed by atoms with van der Waals surface area (Å²) in [6, 6.07) is 20.7. The van der Waals surface area contributed by atoms with Gasteiger partial charge >= 0.3 is 5.97 Å². The van der Waals surface area contributed by atoms with Gasteiger partial charge in [0.15, 0.2) is 12.4 Å². The number of Topliss-reactive ketones (excluding diaryl/α,β-unsaturated/α-hetero) is 1. The second kappa shape index (κ2) is 9.16. The van der Waals surface area contributed by atoms with Crippen molar-refractivity contribution in [1.82, 2.24) is 0 Å². The molecule has 1 N–H and O–H groups in total. The number of ketones is 1. The lowest BCUT2D eigenvalue weighted by Crippen LogP contribution is -2.29. The van der Waals surface area contributed by atoms with Crippen LogP contribution in [0.4, 0.5) is 5.69 Å². The smallest absolute Gasteiger partial charge is 0.338 e. The Bertz CT molecular complexity index is 1240. The zero-order valence-electron chi connectivity index (χ0n) is 17.6. The van der Waals surface area contributed by atoms with Crippen LogP contribution < -0.4 is 5.32 Å².